The van der Waals surface area contributed by atoms with Crippen molar-refractivity contribution in [3.8, 4) is 0 Å². The van der Waals surface area contributed by atoms with Crippen LogP contribution in [0.5, 0.6) is 0 Å². The molecule has 4 rings (SSSR count). The van der Waals surface area contributed by atoms with Gasteiger partial charge in [0.15, 0.2) is 0 Å². The van der Waals surface area contributed by atoms with E-state index in [9.17, 15) is 4.79 Å². The first-order valence-corrected chi connectivity index (χ1v) is 18.9. The SMILES string of the molecule is C=CC[C@H]1CC(=C)C[C@@H](/C=C(\C)C[C@@H]2OC(C)(C)N(C(=O)OC(C)(C)C)[C@H]2CO[Si](c2ccccc2)(c2ccccc2)C(C)(C)C)O1. The summed E-state index contributed by atoms with van der Waals surface area (Å²) in [5, 5.41) is 2.17. The largest absolute Gasteiger partial charge is 0.444 e. The predicted octanol–water partition coefficient (Wildman–Crippen LogP) is 8.32. The number of hydrogen-bond donors (Lipinski definition) is 0. The summed E-state index contributed by atoms with van der Waals surface area (Å²) in [6.07, 6.45) is 6.52. The number of ether oxygens (including phenoxy) is 3. The van der Waals surface area contributed by atoms with Crippen molar-refractivity contribution in [3.63, 3.8) is 0 Å². The quantitative estimate of drug-likeness (QED) is 0.190. The molecule has 0 saturated carbocycles. The Hall–Kier alpha value is -2.97. The Morgan fingerprint density at radius 3 is 2.09 bits per heavy atom. The van der Waals surface area contributed by atoms with Crippen molar-refractivity contribution in [2.24, 2.45) is 0 Å². The molecular weight excluding hydrogens is 603 g/mol. The summed E-state index contributed by atoms with van der Waals surface area (Å²) in [6, 6.07) is 20.8. The maximum Gasteiger partial charge on any atom is 0.412 e. The fourth-order valence-electron chi connectivity index (χ4n) is 7.23. The van der Waals surface area contributed by atoms with Crippen LogP contribution in [0, 0.1) is 0 Å². The van der Waals surface area contributed by atoms with Crippen molar-refractivity contribution in [2.45, 2.75) is 129 Å². The molecule has 0 bridgehead atoms. The summed E-state index contributed by atoms with van der Waals surface area (Å²) in [5.41, 5.74) is 0.775. The Bertz CT molecular complexity index is 1370. The molecule has 0 radical (unpaired) electrons. The summed E-state index contributed by atoms with van der Waals surface area (Å²) in [4.78, 5) is 15.7. The number of nitrogens with zero attached hydrogens (tertiary/aromatic N) is 1. The lowest BCUT2D eigenvalue weighted by molar-refractivity contribution is -0.0788. The normalized spacial score (nSPS) is 23.9. The fourth-order valence-corrected chi connectivity index (χ4v) is 11.8. The molecule has 0 N–H and O–H groups in total. The number of benzene rings is 2. The first kappa shape index (κ1) is 36.9. The van der Waals surface area contributed by atoms with E-state index in [1.807, 2.05) is 52.8 Å². The first-order chi connectivity index (χ1) is 22.0. The smallest absolute Gasteiger partial charge is 0.412 e. The Labute approximate surface area is 285 Å². The summed E-state index contributed by atoms with van der Waals surface area (Å²) >= 11 is 0. The molecule has 4 atom stereocenters. The van der Waals surface area contributed by atoms with Gasteiger partial charge in [0.05, 0.1) is 31.0 Å². The van der Waals surface area contributed by atoms with E-state index in [1.54, 1.807) is 4.90 Å². The van der Waals surface area contributed by atoms with Gasteiger partial charge >= 0.3 is 6.09 Å². The molecule has 1 amide bonds. The highest BCUT2D eigenvalue weighted by molar-refractivity contribution is 6.99. The second-order valence-electron chi connectivity index (χ2n) is 15.7. The van der Waals surface area contributed by atoms with Gasteiger partial charge in [0.25, 0.3) is 8.32 Å². The topological polar surface area (TPSA) is 57.2 Å². The summed E-state index contributed by atoms with van der Waals surface area (Å²) in [7, 11) is -2.89. The average Bonchev–Trinajstić information content (AvgIpc) is 3.21. The molecule has 0 unspecified atom stereocenters. The van der Waals surface area contributed by atoms with Gasteiger partial charge < -0.3 is 18.6 Å². The van der Waals surface area contributed by atoms with Crippen LogP contribution in [0.15, 0.2) is 97.1 Å². The lowest BCUT2D eigenvalue weighted by Gasteiger charge is -2.44. The summed E-state index contributed by atoms with van der Waals surface area (Å²) in [5.74, 6) is 0. The van der Waals surface area contributed by atoms with E-state index in [4.69, 9.17) is 18.6 Å². The fraction of sp³-hybridized carbons (Fsp3) is 0.525. The van der Waals surface area contributed by atoms with Gasteiger partial charge in [-0.1, -0.05) is 111 Å². The molecule has 256 valence electrons. The van der Waals surface area contributed by atoms with Crippen molar-refractivity contribution >= 4 is 24.8 Å². The monoisotopic (exact) mass is 659 g/mol. The van der Waals surface area contributed by atoms with Crippen LogP contribution >= 0.6 is 0 Å². The van der Waals surface area contributed by atoms with E-state index in [2.05, 4.69) is 95.5 Å². The maximum atomic E-state index is 14.0. The van der Waals surface area contributed by atoms with Crippen molar-refractivity contribution < 1.29 is 23.4 Å². The molecular formula is C40H57NO5Si. The molecule has 0 spiro atoms. The van der Waals surface area contributed by atoms with Crippen LogP contribution in [-0.2, 0) is 18.6 Å². The molecule has 2 heterocycles. The second-order valence-corrected chi connectivity index (χ2v) is 20.0. The summed E-state index contributed by atoms with van der Waals surface area (Å²) in [6.45, 7) is 27.0. The Morgan fingerprint density at radius 1 is 1.00 bits per heavy atom. The highest BCUT2D eigenvalue weighted by Crippen LogP contribution is 2.40. The lowest BCUT2D eigenvalue weighted by atomic mass is 9.95. The van der Waals surface area contributed by atoms with E-state index in [0.717, 1.165) is 24.8 Å². The summed E-state index contributed by atoms with van der Waals surface area (Å²) < 4.78 is 26.6. The van der Waals surface area contributed by atoms with Gasteiger partial charge in [-0.15, -0.1) is 6.58 Å². The van der Waals surface area contributed by atoms with Gasteiger partial charge in [-0.2, -0.15) is 0 Å². The zero-order valence-corrected chi connectivity index (χ0v) is 31.2. The molecule has 7 heteroatoms. The Balaban J connectivity index is 1.73. The lowest BCUT2D eigenvalue weighted by Crippen LogP contribution is -2.67. The number of carbonyl (C=O) groups excluding carboxylic acids is 1. The molecule has 2 aromatic carbocycles. The van der Waals surface area contributed by atoms with Crippen LogP contribution in [-0.4, -0.2) is 61.6 Å². The number of amides is 1. The molecule has 6 nitrogen and oxygen atoms in total. The molecule has 2 aliphatic heterocycles. The van der Waals surface area contributed by atoms with Crippen LogP contribution in [0.25, 0.3) is 0 Å². The minimum atomic E-state index is -2.89. The van der Waals surface area contributed by atoms with Gasteiger partial charge in [0.1, 0.15) is 11.3 Å². The minimum Gasteiger partial charge on any atom is -0.444 e. The molecule has 0 aromatic heterocycles. The second kappa shape index (κ2) is 14.6. The number of rotatable bonds is 10. The van der Waals surface area contributed by atoms with Crippen LogP contribution in [0.2, 0.25) is 5.04 Å². The zero-order valence-electron chi connectivity index (χ0n) is 30.2. The van der Waals surface area contributed by atoms with Crippen molar-refractivity contribution in [3.05, 3.63) is 97.1 Å². The van der Waals surface area contributed by atoms with E-state index in [-0.39, 0.29) is 29.4 Å². The molecule has 2 aliphatic rings. The Morgan fingerprint density at radius 2 is 1.57 bits per heavy atom. The van der Waals surface area contributed by atoms with E-state index >= 15 is 0 Å². The van der Waals surface area contributed by atoms with Crippen LogP contribution in [0.3, 0.4) is 0 Å². The van der Waals surface area contributed by atoms with E-state index in [1.165, 1.54) is 15.9 Å². The first-order valence-electron chi connectivity index (χ1n) is 17.0. The predicted molar refractivity (Wildman–Crippen MR) is 195 cm³/mol. The third-order valence-corrected chi connectivity index (χ3v) is 14.1. The van der Waals surface area contributed by atoms with Crippen LogP contribution in [0.4, 0.5) is 4.79 Å². The minimum absolute atomic E-state index is 0.0515. The van der Waals surface area contributed by atoms with Crippen molar-refractivity contribution in [2.75, 3.05) is 6.61 Å². The third kappa shape index (κ3) is 8.74. The highest BCUT2D eigenvalue weighted by atomic mass is 28.4. The third-order valence-electron chi connectivity index (χ3n) is 9.05. The van der Waals surface area contributed by atoms with Gasteiger partial charge in [-0.05, 0) is 82.6 Å². The van der Waals surface area contributed by atoms with Gasteiger partial charge in [0, 0.05) is 0 Å². The molecule has 0 aliphatic carbocycles. The number of hydrogen-bond acceptors (Lipinski definition) is 5. The number of carbonyl (C=O) groups is 1. The van der Waals surface area contributed by atoms with Crippen LogP contribution in [0.1, 0.15) is 88.0 Å². The van der Waals surface area contributed by atoms with Gasteiger partial charge in [0.2, 0.25) is 0 Å². The molecule has 47 heavy (non-hydrogen) atoms. The van der Waals surface area contributed by atoms with Crippen LogP contribution < -0.4 is 10.4 Å². The average molecular weight is 660 g/mol. The van der Waals surface area contributed by atoms with E-state index < -0.39 is 25.7 Å². The zero-order chi connectivity index (χ0) is 34.6. The van der Waals surface area contributed by atoms with Gasteiger partial charge in [-0.25, -0.2) is 4.79 Å². The highest BCUT2D eigenvalue weighted by Gasteiger charge is 2.55. The van der Waals surface area contributed by atoms with Gasteiger partial charge in [-0.3, -0.25) is 4.90 Å². The van der Waals surface area contributed by atoms with Crippen molar-refractivity contribution in [1.82, 2.24) is 4.90 Å². The maximum absolute atomic E-state index is 14.0. The van der Waals surface area contributed by atoms with E-state index in [0.29, 0.717) is 13.0 Å². The Kier molecular flexibility index (Phi) is 11.5. The molecule has 2 saturated heterocycles. The molecule has 2 fully saturated rings. The standard InChI is InChI=1S/C40H57NO5Si/c1-12-19-31-24-29(2)25-32(44-31)26-30(3)27-36-35(41(40(10,11)45-36)37(42)46-38(4,5)6)28-43-47(39(7,8)9,33-20-15-13-16-21-33)34-22-17-14-18-23-34/h12-18,20-23,26,31-32,35-36H,1-2,19,24-25,27-28H2,3-11H3/b30-26+/t31-,32-,35-,36-/m0/s1. The van der Waals surface area contributed by atoms with Crippen molar-refractivity contribution in [1.29, 1.82) is 0 Å². The molecule has 2 aromatic rings.